The highest BCUT2D eigenvalue weighted by Crippen LogP contribution is 2.38. The van der Waals surface area contributed by atoms with Crippen LogP contribution in [0.1, 0.15) is 55.3 Å². The number of hydrogen-bond donors (Lipinski definition) is 4. The highest BCUT2D eigenvalue weighted by Gasteiger charge is 2.29. The third kappa shape index (κ3) is 4.78. The van der Waals surface area contributed by atoms with Gasteiger partial charge in [0.25, 0.3) is 0 Å². The van der Waals surface area contributed by atoms with Gasteiger partial charge in [0.2, 0.25) is 0 Å². The molecule has 2 rings (SSSR count). The Morgan fingerprint density at radius 2 is 1.29 bits per heavy atom. The van der Waals surface area contributed by atoms with Crippen molar-refractivity contribution in [1.82, 2.24) is 10.6 Å². The van der Waals surface area contributed by atoms with E-state index in [-0.39, 0.29) is 0 Å². The summed E-state index contributed by atoms with van der Waals surface area (Å²) in [5.41, 5.74) is 14.0. The van der Waals surface area contributed by atoms with Crippen molar-refractivity contribution in [1.29, 1.82) is 0 Å². The molecule has 0 saturated heterocycles. The molecule has 1 aromatic rings. The van der Waals surface area contributed by atoms with E-state index in [2.05, 4.69) is 34.9 Å². The summed E-state index contributed by atoms with van der Waals surface area (Å²) < 4.78 is 0. The van der Waals surface area contributed by atoms with Gasteiger partial charge in [0.05, 0.1) is 0 Å². The van der Waals surface area contributed by atoms with Gasteiger partial charge >= 0.3 is 0 Å². The molecule has 4 heteroatoms. The van der Waals surface area contributed by atoms with E-state index in [4.69, 9.17) is 11.5 Å². The molecule has 0 radical (unpaired) electrons. The molecule has 0 spiro atoms. The molecule has 1 aliphatic carbocycles. The van der Waals surface area contributed by atoms with Crippen LogP contribution in [0.4, 0.5) is 0 Å². The van der Waals surface area contributed by atoms with Crippen LogP contribution in [-0.4, -0.2) is 26.2 Å². The van der Waals surface area contributed by atoms with Crippen molar-refractivity contribution in [3.63, 3.8) is 0 Å². The lowest BCUT2D eigenvalue weighted by Crippen LogP contribution is -2.24. The third-order valence-electron chi connectivity index (χ3n) is 4.26. The third-order valence-corrected chi connectivity index (χ3v) is 4.26. The van der Waals surface area contributed by atoms with E-state index in [9.17, 15) is 0 Å². The summed E-state index contributed by atoms with van der Waals surface area (Å²) in [5, 5.41) is 7.38. The van der Waals surface area contributed by atoms with Gasteiger partial charge in [-0.15, -0.1) is 0 Å². The molecule has 0 heterocycles. The first-order valence-electron chi connectivity index (χ1n) is 8.32. The predicted molar refractivity (Wildman–Crippen MR) is 89.1 cm³/mol. The van der Waals surface area contributed by atoms with E-state index in [1.165, 1.54) is 11.1 Å². The van der Waals surface area contributed by atoms with Gasteiger partial charge in [-0.25, -0.2) is 0 Å². The molecule has 2 atom stereocenters. The fourth-order valence-corrected chi connectivity index (χ4v) is 3.11. The van der Waals surface area contributed by atoms with Crippen LogP contribution >= 0.6 is 0 Å². The highest BCUT2D eigenvalue weighted by atomic mass is 15.0. The number of hydrogen-bond acceptors (Lipinski definition) is 4. The quantitative estimate of drug-likeness (QED) is 0.496. The number of fused-ring (bicyclic) bond motifs is 1. The van der Waals surface area contributed by atoms with Crippen molar-refractivity contribution in [3.8, 4) is 0 Å². The second-order valence-electron chi connectivity index (χ2n) is 5.87. The summed E-state index contributed by atoms with van der Waals surface area (Å²) in [4.78, 5) is 0. The van der Waals surface area contributed by atoms with Gasteiger partial charge in [-0.3, -0.25) is 0 Å². The molecule has 0 amide bonds. The van der Waals surface area contributed by atoms with Gasteiger partial charge in [-0.2, -0.15) is 0 Å². The van der Waals surface area contributed by atoms with E-state index in [1.807, 2.05) is 0 Å². The molecule has 21 heavy (non-hydrogen) atoms. The average molecular weight is 290 g/mol. The lowest BCUT2D eigenvalue weighted by Gasteiger charge is -2.15. The molecule has 118 valence electrons. The highest BCUT2D eigenvalue weighted by molar-refractivity contribution is 5.37. The normalized spacial score (nSPS) is 20.7. The van der Waals surface area contributed by atoms with Crippen LogP contribution in [0.2, 0.25) is 0 Å². The van der Waals surface area contributed by atoms with E-state index < -0.39 is 0 Å². The Kier molecular flexibility index (Phi) is 7.16. The minimum absolute atomic E-state index is 0.478. The molecular weight excluding hydrogens is 260 g/mol. The van der Waals surface area contributed by atoms with E-state index >= 15 is 0 Å². The number of nitrogens with two attached hydrogens (primary N) is 2. The summed E-state index contributed by atoms with van der Waals surface area (Å²) >= 11 is 0. The van der Waals surface area contributed by atoms with Crippen LogP contribution in [0.15, 0.2) is 24.3 Å². The fraction of sp³-hybridized carbons (Fsp3) is 0.647. The minimum atomic E-state index is 0.478. The Hall–Kier alpha value is -0.940. The zero-order chi connectivity index (χ0) is 14.9. The Bertz CT molecular complexity index is 371. The molecule has 1 aliphatic rings. The summed E-state index contributed by atoms with van der Waals surface area (Å²) in [6, 6.07) is 9.76. The first-order valence-corrected chi connectivity index (χ1v) is 8.32. The van der Waals surface area contributed by atoms with Gasteiger partial charge in [-0.05, 0) is 69.4 Å². The summed E-state index contributed by atoms with van der Waals surface area (Å²) in [6.45, 7) is 3.68. The van der Waals surface area contributed by atoms with Gasteiger partial charge in [-0.1, -0.05) is 24.3 Å². The molecule has 0 bridgehead atoms. The Labute approximate surface area is 128 Å². The monoisotopic (exact) mass is 290 g/mol. The van der Waals surface area contributed by atoms with Crippen LogP contribution in [0.5, 0.6) is 0 Å². The Balaban J connectivity index is 1.87. The smallest absolute Gasteiger partial charge is 0.0341 e. The Morgan fingerprint density at radius 3 is 1.71 bits per heavy atom. The zero-order valence-corrected chi connectivity index (χ0v) is 13.0. The van der Waals surface area contributed by atoms with E-state index in [1.54, 1.807) is 0 Å². The van der Waals surface area contributed by atoms with Crippen molar-refractivity contribution in [3.05, 3.63) is 35.4 Å². The standard InChI is InChI=1S/C17H30N4/c18-9-3-5-11-20-16-13-17(21-12-6-4-10-19)15-8-2-1-7-14(15)16/h1-2,7-8,16-17,20-21H,3-6,9-13,18-19H2/t16-,17-/m0/s1. The zero-order valence-electron chi connectivity index (χ0n) is 13.0. The fourth-order valence-electron chi connectivity index (χ4n) is 3.11. The average Bonchev–Trinajstić information content (AvgIpc) is 2.87. The first kappa shape index (κ1) is 16.4. The lowest BCUT2D eigenvalue weighted by molar-refractivity contribution is 0.439. The molecule has 0 aliphatic heterocycles. The van der Waals surface area contributed by atoms with E-state index in [0.717, 1.165) is 58.3 Å². The second-order valence-corrected chi connectivity index (χ2v) is 5.87. The molecule has 0 saturated carbocycles. The van der Waals surface area contributed by atoms with Gasteiger partial charge in [0.1, 0.15) is 0 Å². The minimum Gasteiger partial charge on any atom is -0.330 e. The maximum atomic E-state index is 5.55. The number of unbranched alkanes of at least 4 members (excludes halogenated alkanes) is 2. The van der Waals surface area contributed by atoms with Crippen molar-refractivity contribution < 1.29 is 0 Å². The van der Waals surface area contributed by atoms with Crippen LogP contribution in [-0.2, 0) is 0 Å². The first-order chi connectivity index (χ1) is 10.4. The molecule has 1 aromatic carbocycles. The van der Waals surface area contributed by atoms with Crippen LogP contribution < -0.4 is 22.1 Å². The number of rotatable bonds is 10. The molecule has 0 unspecified atom stereocenters. The van der Waals surface area contributed by atoms with Crippen LogP contribution in [0.3, 0.4) is 0 Å². The number of nitrogens with one attached hydrogen (secondary N) is 2. The number of benzene rings is 1. The van der Waals surface area contributed by atoms with E-state index in [0.29, 0.717) is 12.1 Å². The van der Waals surface area contributed by atoms with Crippen LogP contribution in [0, 0.1) is 0 Å². The molecular formula is C17H30N4. The van der Waals surface area contributed by atoms with Crippen molar-refractivity contribution in [2.24, 2.45) is 11.5 Å². The topological polar surface area (TPSA) is 76.1 Å². The van der Waals surface area contributed by atoms with Crippen molar-refractivity contribution in [2.75, 3.05) is 26.2 Å². The maximum Gasteiger partial charge on any atom is 0.0341 e. The van der Waals surface area contributed by atoms with Crippen molar-refractivity contribution in [2.45, 2.75) is 44.2 Å². The van der Waals surface area contributed by atoms with Gasteiger partial charge in [0.15, 0.2) is 0 Å². The maximum absolute atomic E-state index is 5.55. The summed E-state index contributed by atoms with van der Waals surface area (Å²) in [5.74, 6) is 0. The van der Waals surface area contributed by atoms with Gasteiger partial charge in [0, 0.05) is 12.1 Å². The lowest BCUT2D eigenvalue weighted by atomic mass is 10.1. The summed E-state index contributed by atoms with van der Waals surface area (Å²) in [6.07, 6.45) is 5.66. The molecule has 0 fully saturated rings. The predicted octanol–water partition coefficient (Wildman–Crippen LogP) is 1.83. The van der Waals surface area contributed by atoms with Gasteiger partial charge < -0.3 is 22.1 Å². The van der Waals surface area contributed by atoms with Crippen molar-refractivity contribution >= 4 is 0 Å². The SMILES string of the molecule is NCCCCN[C@H]1C[C@H](NCCCCN)c2ccccc21. The van der Waals surface area contributed by atoms with Crippen LogP contribution in [0.25, 0.3) is 0 Å². The summed E-state index contributed by atoms with van der Waals surface area (Å²) in [7, 11) is 0. The second kappa shape index (κ2) is 9.15. The Morgan fingerprint density at radius 1 is 0.810 bits per heavy atom. The molecule has 6 N–H and O–H groups in total. The molecule has 0 aromatic heterocycles. The molecule has 4 nitrogen and oxygen atoms in total. The largest absolute Gasteiger partial charge is 0.330 e.